The van der Waals surface area contributed by atoms with Crippen LogP contribution in [0.5, 0.6) is 0 Å². The molecule has 2 aromatic heterocycles. The molecule has 2 aromatic rings. The molecule has 0 saturated carbocycles. The van der Waals surface area contributed by atoms with Crippen molar-refractivity contribution in [1.29, 1.82) is 0 Å². The van der Waals surface area contributed by atoms with E-state index in [1.165, 1.54) is 5.56 Å². The minimum atomic E-state index is 0.206. The zero-order valence-electron chi connectivity index (χ0n) is 12.7. The standard InChI is InChI=1S/C16H20N4OS/c1-18-9-12(8-17-18)10-19-5-2-15-14(19)3-6-20(15)16(21)13-4-7-22-11-13/h4,7-9,11,14-15H,2-3,5-6,10H2,1H3/t14-,15-/m0/s1. The number of hydrogen-bond acceptors (Lipinski definition) is 4. The number of rotatable bonds is 3. The third-order valence-corrected chi connectivity index (χ3v) is 5.55. The van der Waals surface area contributed by atoms with Crippen molar-refractivity contribution >= 4 is 17.2 Å². The zero-order valence-corrected chi connectivity index (χ0v) is 13.5. The molecule has 22 heavy (non-hydrogen) atoms. The van der Waals surface area contributed by atoms with Crippen molar-refractivity contribution in [2.75, 3.05) is 13.1 Å². The number of aromatic nitrogens is 2. The second-order valence-electron chi connectivity index (χ2n) is 6.22. The molecule has 116 valence electrons. The second-order valence-corrected chi connectivity index (χ2v) is 7.00. The van der Waals surface area contributed by atoms with E-state index in [1.54, 1.807) is 11.3 Å². The fraction of sp³-hybridized carbons (Fsp3) is 0.500. The normalized spacial score (nSPS) is 24.9. The van der Waals surface area contributed by atoms with E-state index in [2.05, 4.69) is 21.1 Å². The molecule has 0 unspecified atom stereocenters. The largest absolute Gasteiger partial charge is 0.334 e. The van der Waals surface area contributed by atoms with Gasteiger partial charge in [-0.3, -0.25) is 14.4 Å². The Balaban J connectivity index is 1.46. The van der Waals surface area contributed by atoms with Gasteiger partial charge in [0.15, 0.2) is 0 Å². The molecule has 4 rings (SSSR count). The molecule has 6 heteroatoms. The van der Waals surface area contributed by atoms with E-state index in [9.17, 15) is 4.79 Å². The first-order valence-electron chi connectivity index (χ1n) is 7.77. The summed E-state index contributed by atoms with van der Waals surface area (Å²) in [5.41, 5.74) is 2.10. The second kappa shape index (κ2) is 5.52. The third-order valence-electron chi connectivity index (χ3n) is 4.86. The van der Waals surface area contributed by atoms with Crippen molar-refractivity contribution in [3.63, 3.8) is 0 Å². The van der Waals surface area contributed by atoms with E-state index in [1.807, 2.05) is 34.8 Å². The van der Waals surface area contributed by atoms with Gasteiger partial charge in [0.1, 0.15) is 0 Å². The Bertz CT molecular complexity index is 666. The van der Waals surface area contributed by atoms with E-state index in [-0.39, 0.29) is 5.91 Å². The molecule has 2 fully saturated rings. The minimum absolute atomic E-state index is 0.206. The summed E-state index contributed by atoms with van der Waals surface area (Å²) in [6.07, 6.45) is 6.19. The van der Waals surface area contributed by atoms with Crippen molar-refractivity contribution < 1.29 is 4.79 Å². The Morgan fingerprint density at radius 1 is 1.36 bits per heavy atom. The molecule has 5 nitrogen and oxygen atoms in total. The minimum Gasteiger partial charge on any atom is -0.334 e. The highest BCUT2D eigenvalue weighted by atomic mass is 32.1. The first kappa shape index (κ1) is 14.0. The van der Waals surface area contributed by atoms with Crippen LogP contribution in [0.2, 0.25) is 0 Å². The summed E-state index contributed by atoms with van der Waals surface area (Å²) in [5, 5.41) is 8.18. The fourth-order valence-corrected chi connectivity index (χ4v) is 4.49. The van der Waals surface area contributed by atoms with Gasteiger partial charge in [0.2, 0.25) is 0 Å². The topological polar surface area (TPSA) is 41.4 Å². The van der Waals surface area contributed by atoms with E-state index in [0.717, 1.165) is 38.0 Å². The number of amides is 1. The molecule has 0 N–H and O–H groups in total. The number of carbonyl (C=O) groups is 1. The molecule has 2 saturated heterocycles. The van der Waals surface area contributed by atoms with Crippen LogP contribution in [0.25, 0.3) is 0 Å². The fourth-order valence-electron chi connectivity index (χ4n) is 3.86. The first-order chi connectivity index (χ1) is 10.7. The maximum Gasteiger partial charge on any atom is 0.255 e. The maximum absolute atomic E-state index is 12.6. The maximum atomic E-state index is 12.6. The summed E-state index contributed by atoms with van der Waals surface area (Å²) >= 11 is 1.59. The van der Waals surface area contributed by atoms with Crippen LogP contribution in [-0.4, -0.2) is 50.7 Å². The summed E-state index contributed by atoms with van der Waals surface area (Å²) in [6.45, 7) is 2.89. The van der Waals surface area contributed by atoms with Crippen LogP contribution >= 0.6 is 11.3 Å². The lowest BCUT2D eigenvalue weighted by Crippen LogP contribution is -2.39. The van der Waals surface area contributed by atoms with Gasteiger partial charge in [-0.25, -0.2) is 0 Å². The van der Waals surface area contributed by atoms with Gasteiger partial charge in [0, 0.05) is 55.9 Å². The summed E-state index contributed by atoms with van der Waals surface area (Å²) in [7, 11) is 1.95. The van der Waals surface area contributed by atoms with Crippen molar-refractivity contribution in [3.05, 3.63) is 40.3 Å². The molecule has 0 aromatic carbocycles. The number of hydrogen-bond donors (Lipinski definition) is 0. The Labute approximate surface area is 134 Å². The number of carbonyl (C=O) groups excluding carboxylic acids is 1. The summed E-state index contributed by atoms with van der Waals surface area (Å²) < 4.78 is 1.85. The molecule has 4 heterocycles. The van der Waals surface area contributed by atoms with Crippen LogP contribution in [0.15, 0.2) is 29.2 Å². The highest BCUT2D eigenvalue weighted by Crippen LogP contribution is 2.33. The highest BCUT2D eigenvalue weighted by Gasteiger charge is 2.44. The number of aryl methyl sites for hydroxylation is 1. The van der Waals surface area contributed by atoms with Crippen molar-refractivity contribution in [1.82, 2.24) is 19.6 Å². The van der Waals surface area contributed by atoms with E-state index >= 15 is 0 Å². The molecule has 2 atom stereocenters. The van der Waals surface area contributed by atoms with Gasteiger partial charge < -0.3 is 4.90 Å². The SMILES string of the molecule is Cn1cc(CN2CC[C@H]3[C@@H]2CCN3C(=O)c2ccsc2)cn1. The number of fused-ring (bicyclic) bond motifs is 1. The van der Waals surface area contributed by atoms with E-state index in [4.69, 9.17) is 0 Å². The van der Waals surface area contributed by atoms with Gasteiger partial charge in [-0.2, -0.15) is 16.4 Å². The molecule has 1 amide bonds. The Kier molecular flexibility index (Phi) is 3.50. The molecule has 0 aliphatic carbocycles. The average molecular weight is 316 g/mol. The predicted molar refractivity (Wildman–Crippen MR) is 85.8 cm³/mol. The van der Waals surface area contributed by atoms with Gasteiger partial charge in [-0.15, -0.1) is 0 Å². The van der Waals surface area contributed by atoms with Gasteiger partial charge in [-0.1, -0.05) is 0 Å². The molecule has 0 spiro atoms. The molecule has 2 aliphatic heterocycles. The number of thiophene rings is 1. The van der Waals surface area contributed by atoms with Crippen LogP contribution < -0.4 is 0 Å². The molecule has 0 radical (unpaired) electrons. The Hall–Kier alpha value is -1.66. The van der Waals surface area contributed by atoms with Crippen molar-refractivity contribution in [2.24, 2.45) is 7.05 Å². The highest BCUT2D eigenvalue weighted by molar-refractivity contribution is 7.08. The lowest BCUT2D eigenvalue weighted by molar-refractivity contribution is 0.0732. The van der Waals surface area contributed by atoms with E-state index < -0.39 is 0 Å². The third kappa shape index (κ3) is 2.36. The van der Waals surface area contributed by atoms with Crippen LogP contribution in [0.1, 0.15) is 28.8 Å². The lowest BCUT2D eigenvalue weighted by Gasteiger charge is -2.25. The molecular formula is C16H20N4OS. The van der Waals surface area contributed by atoms with Gasteiger partial charge in [0.25, 0.3) is 5.91 Å². The average Bonchev–Trinajstić information content (AvgIpc) is 3.24. The summed E-state index contributed by atoms with van der Waals surface area (Å²) in [4.78, 5) is 17.2. The van der Waals surface area contributed by atoms with Gasteiger partial charge in [-0.05, 0) is 24.3 Å². The number of likely N-dealkylation sites (tertiary alicyclic amines) is 2. The van der Waals surface area contributed by atoms with Crippen molar-refractivity contribution in [2.45, 2.75) is 31.5 Å². The van der Waals surface area contributed by atoms with Crippen LogP contribution in [0, 0.1) is 0 Å². The predicted octanol–water partition coefficient (Wildman–Crippen LogP) is 1.97. The quantitative estimate of drug-likeness (QED) is 0.869. The Morgan fingerprint density at radius 2 is 2.23 bits per heavy atom. The number of nitrogens with zero attached hydrogens (tertiary/aromatic N) is 4. The van der Waals surface area contributed by atoms with Gasteiger partial charge >= 0.3 is 0 Å². The molecular weight excluding hydrogens is 296 g/mol. The monoisotopic (exact) mass is 316 g/mol. The van der Waals surface area contributed by atoms with E-state index in [0.29, 0.717) is 12.1 Å². The van der Waals surface area contributed by atoms with Crippen molar-refractivity contribution in [3.8, 4) is 0 Å². The van der Waals surface area contributed by atoms with Gasteiger partial charge in [0.05, 0.1) is 11.8 Å². The smallest absolute Gasteiger partial charge is 0.255 e. The van der Waals surface area contributed by atoms with Crippen LogP contribution in [0.3, 0.4) is 0 Å². The summed E-state index contributed by atoms with van der Waals surface area (Å²) in [6, 6.07) is 2.81. The lowest BCUT2D eigenvalue weighted by atomic mass is 10.1. The van der Waals surface area contributed by atoms with Crippen LogP contribution in [-0.2, 0) is 13.6 Å². The van der Waals surface area contributed by atoms with Crippen LogP contribution in [0.4, 0.5) is 0 Å². The molecule has 2 aliphatic rings. The zero-order chi connectivity index (χ0) is 15.1. The summed E-state index contributed by atoms with van der Waals surface area (Å²) in [5.74, 6) is 0.206. The first-order valence-corrected chi connectivity index (χ1v) is 8.71. The Morgan fingerprint density at radius 3 is 2.95 bits per heavy atom. The molecule has 0 bridgehead atoms.